The quantitative estimate of drug-likeness (QED) is 0.753. The third-order valence-corrected chi connectivity index (χ3v) is 3.37. The van der Waals surface area contributed by atoms with Gasteiger partial charge in [-0.05, 0) is 37.8 Å². The summed E-state index contributed by atoms with van der Waals surface area (Å²) in [4.78, 5) is 11.4. The fourth-order valence-electron chi connectivity index (χ4n) is 1.98. The Morgan fingerprint density at radius 2 is 2.06 bits per heavy atom. The molecule has 0 unspecified atom stereocenters. The van der Waals surface area contributed by atoms with Crippen LogP contribution in [0.3, 0.4) is 0 Å². The number of amides is 1. The predicted molar refractivity (Wildman–Crippen MR) is 73.4 cm³/mol. The van der Waals surface area contributed by atoms with Crippen LogP contribution in [0, 0.1) is 19.8 Å². The fraction of sp³-hybridized carbons (Fsp3) is 0.533. The molecule has 0 aromatic heterocycles. The Kier molecular flexibility index (Phi) is 4.37. The number of rotatable bonds is 6. The van der Waals surface area contributed by atoms with Gasteiger partial charge in [0.25, 0.3) is 0 Å². The molecule has 0 heterocycles. The van der Waals surface area contributed by atoms with Gasteiger partial charge in [-0.1, -0.05) is 23.8 Å². The van der Waals surface area contributed by atoms with E-state index in [2.05, 4.69) is 42.7 Å². The van der Waals surface area contributed by atoms with Gasteiger partial charge < -0.3 is 10.6 Å². The van der Waals surface area contributed by atoms with Crippen LogP contribution < -0.4 is 10.6 Å². The zero-order valence-electron chi connectivity index (χ0n) is 11.3. The van der Waals surface area contributed by atoms with Crippen LogP contribution in [0.2, 0.25) is 0 Å². The zero-order chi connectivity index (χ0) is 13.0. The Morgan fingerprint density at radius 3 is 2.78 bits per heavy atom. The molecule has 0 aliphatic heterocycles. The van der Waals surface area contributed by atoms with Gasteiger partial charge in [0.15, 0.2) is 0 Å². The van der Waals surface area contributed by atoms with Gasteiger partial charge in [0.05, 0.1) is 0 Å². The van der Waals surface area contributed by atoms with E-state index in [9.17, 15) is 4.79 Å². The molecule has 1 aromatic rings. The van der Waals surface area contributed by atoms with Crippen molar-refractivity contribution in [1.29, 1.82) is 0 Å². The molecule has 3 nitrogen and oxygen atoms in total. The molecule has 0 bridgehead atoms. The van der Waals surface area contributed by atoms with Crippen molar-refractivity contribution in [3.8, 4) is 0 Å². The summed E-state index contributed by atoms with van der Waals surface area (Å²) in [5, 5.41) is 6.33. The van der Waals surface area contributed by atoms with Crippen LogP contribution in [-0.4, -0.2) is 19.0 Å². The van der Waals surface area contributed by atoms with Gasteiger partial charge in [0.1, 0.15) is 0 Å². The van der Waals surface area contributed by atoms with Gasteiger partial charge in [-0.3, -0.25) is 4.79 Å². The number of hydrogen-bond acceptors (Lipinski definition) is 2. The number of aryl methyl sites for hydroxylation is 2. The van der Waals surface area contributed by atoms with Gasteiger partial charge in [0.2, 0.25) is 5.91 Å². The molecule has 2 rings (SSSR count). The van der Waals surface area contributed by atoms with Crippen LogP contribution in [0.15, 0.2) is 18.2 Å². The first kappa shape index (κ1) is 13.1. The summed E-state index contributed by atoms with van der Waals surface area (Å²) in [6.07, 6.45) is 2.14. The smallest absolute Gasteiger partial charge is 0.223 e. The van der Waals surface area contributed by atoms with Gasteiger partial charge in [-0.2, -0.15) is 0 Å². The molecule has 1 aliphatic rings. The van der Waals surface area contributed by atoms with E-state index in [0.29, 0.717) is 5.92 Å². The lowest BCUT2D eigenvalue weighted by Crippen LogP contribution is -2.32. The predicted octanol–water partition coefficient (Wildman–Crippen LogP) is 1.92. The van der Waals surface area contributed by atoms with E-state index in [0.717, 1.165) is 32.5 Å². The second-order valence-electron chi connectivity index (χ2n) is 5.17. The van der Waals surface area contributed by atoms with Crippen LogP contribution in [0.25, 0.3) is 0 Å². The van der Waals surface area contributed by atoms with E-state index < -0.39 is 0 Å². The molecule has 3 heteroatoms. The number of benzene rings is 1. The summed E-state index contributed by atoms with van der Waals surface area (Å²) < 4.78 is 0. The molecule has 1 aromatic carbocycles. The highest BCUT2D eigenvalue weighted by Crippen LogP contribution is 2.28. The van der Waals surface area contributed by atoms with Crippen LogP contribution >= 0.6 is 0 Å². The Bertz CT molecular complexity index is 425. The first-order valence-corrected chi connectivity index (χ1v) is 6.71. The molecule has 2 N–H and O–H groups in total. The van der Waals surface area contributed by atoms with Gasteiger partial charge in [-0.25, -0.2) is 0 Å². The van der Waals surface area contributed by atoms with Crippen LogP contribution in [-0.2, 0) is 11.3 Å². The third-order valence-electron chi connectivity index (χ3n) is 3.37. The monoisotopic (exact) mass is 246 g/mol. The van der Waals surface area contributed by atoms with Gasteiger partial charge in [0, 0.05) is 25.6 Å². The summed E-state index contributed by atoms with van der Waals surface area (Å²) >= 11 is 0. The maximum atomic E-state index is 11.4. The van der Waals surface area contributed by atoms with Crippen LogP contribution in [0.4, 0.5) is 0 Å². The highest BCUT2D eigenvalue weighted by molar-refractivity contribution is 5.80. The lowest BCUT2D eigenvalue weighted by molar-refractivity contribution is -0.122. The third kappa shape index (κ3) is 3.84. The number of carbonyl (C=O) groups is 1. The maximum absolute atomic E-state index is 11.4. The molecule has 0 radical (unpaired) electrons. The normalized spacial score (nSPS) is 14.6. The van der Waals surface area contributed by atoms with Gasteiger partial charge >= 0.3 is 0 Å². The molecular weight excluding hydrogens is 224 g/mol. The minimum Gasteiger partial charge on any atom is -0.355 e. The molecule has 0 spiro atoms. The average molecular weight is 246 g/mol. The van der Waals surface area contributed by atoms with Crippen molar-refractivity contribution in [3.05, 3.63) is 34.9 Å². The highest BCUT2D eigenvalue weighted by Gasteiger charge is 2.28. The average Bonchev–Trinajstić information content (AvgIpc) is 3.17. The Labute approximate surface area is 109 Å². The van der Waals surface area contributed by atoms with E-state index in [1.807, 2.05) is 0 Å². The van der Waals surface area contributed by atoms with Gasteiger partial charge in [-0.15, -0.1) is 0 Å². The maximum Gasteiger partial charge on any atom is 0.223 e. The van der Waals surface area contributed by atoms with Crippen molar-refractivity contribution in [2.45, 2.75) is 33.2 Å². The van der Waals surface area contributed by atoms with Crippen molar-refractivity contribution >= 4 is 5.91 Å². The number of hydrogen-bond donors (Lipinski definition) is 2. The van der Waals surface area contributed by atoms with Crippen molar-refractivity contribution in [1.82, 2.24) is 10.6 Å². The van der Waals surface area contributed by atoms with Crippen LogP contribution in [0.1, 0.15) is 29.5 Å². The Balaban J connectivity index is 1.65. The summed E-state index contributed by atoms with van der Waals surface area (Å²) in [5.74, 6) is 0.535. The summed E-state index contributed by atoms with van der Waals surface area (Å²) in [6, 6.07) is 6.50. The van der Waals surface area contributed by atoms with E-state index in [4.69, 9.17) is 0 Å². The van der Waals surface area contributed by atoms with Crippen molar-refractivity contribution in [3.63, 3.8) is 0 Å². The first-order valence-electron chi connectivity index (χ1n) is 6.71. The van der Waals surface area contributed by atoms with Crippen LogP contribution in [0.5, 0.6) is 0 Å². The minimum absolute atomic E-state index is 0.225. The van der Waals surface area contributed by atoms with Crippen molar-refractivity contribution < 1.29 is 4.79 Å². The molecule has 98 valence electrons. The molecule has 0 atom stereocenters. The molecule has 1 fully saturated rings. The minimum atomic E-state index is 0.225. The largest absolute Gasteiger partial charge is 0.355 e. The molecule has 1 aliphatic carbocycles. The molecule has 1 amide bonds. The van der Waals surface area contributed by atoms with E-state index >= 15 is 0 Å². The highest BCUT2D eigenvalue weighted by atomic mass is 16.2. The topological polar surface area (TPSA) is 41.1 Å². The standard InChI is InChI=1S/C15H22N2O/c1-11-3-4-12(2)14(9-11)10-16-7-8-17-15(18)13-5-6-13/h3-4,9,13,16H,5-8,10H2,1-2H3,(H,17,18). The Morgan fingerprint density at radius 1 is 1.28 bits per heavy atom. The van der Waals surface area contributed by atoms with E-state index in [1.165, 1.54) is 16.7 Å². The van der Waals surface area contributed by atoms with Crippen molar-refractivity contribution in [2.24, 2.45) is 5.92 Å². The lowest BCUT2D eigenvalue weighted by atomic mass is 10.1. The summed E-state index contributed by atoms with van der Waals surface area (Å²) in [6.45, 7) is 6.66. The zero-order valence-corrected chi connectivity index (χ0v) is 11.3. The van der Waals surface area contributed by atoms with E-state index in [1.54, 1.807) is 0 Å². The molecular formula is C15H22N2O. The van der Waals surface area contributed by atoms with E-state index in [-0.39, 0.29) is 5.91 Å². The Hall–Kier alpha value is -1.35. The SMILES string of the molecule is Cc1ccc(C)c(CNCCNC(=O)C2CC2)c1. The molecule has 18 heavy (non-hydrogen) atoms. The second-order valence-corrected chi connectivity index (χ2v) is 5.17. The number of carbonyl (C=O) groups excluding carboxylic acids is 1. The molecule has 1 saturated carbocycles. The molecule has 0 saturated heterocycles. The second kappa shape index (κ2) is 6.01. The lowest BCUT2D eigenvalue weighted by Gasteiger charge is -2.09. The first-order chi connectivity index (χ1) is 8.66. The fourth-order valence-corrected chi connectivity index (χ4v) is 1.98. The number of nitrogens with one attached hydrogen (secondary N) is 2. The van der Waals surface area contributed by atoms with Crippen molar-refractivity contribution in [2.75, 3.05) is 13.1 Å². The summed E-state index contributed by atoms with van der Waals surface area (Å²) in [5.41, 5.74) is 3.94. The summed E-state index contributed by atoms with van der Waals surface area (Å²) in [7, 11) is 0.